The largest absolute Gasteiger partial charge is 0.435 e. The van der Waals surface area contributed by atoms with Crippen LogP contribution >= 0.6 is 0 Å². The number of nitrogens with one attached hydrogen (secondary N) is 1. The van der Waals surface area contributed by atoms with Crippen molar-refractivity contribution in [1.82, 2.24) is 5.32 Å². The summed E-state index contributed by atoms with van der Waals surface area (Å²) in [5.74, 6) is -1.33. The fourth-order valence-electron chi connectivity index (χ4n) is 3.38. The second-order valence-electron chi connectivity index (χ2n) is 6.45. The number of ether oxygens (including phenoxy) is 1. The summed E-state index contributed by atoms with van der Waals surface area (Å²) in [7, 11) is 0. The van der Waals surface area contributed by atoms with Gasteiger partial charge in [0.1, 0.15) is 11.6 Å². The van der Waals surface area contributed by atoms with Gasteiger partial charge in [-0.15, -0.1) is 0 Å². The number of halogens is 3. The van der Waals surface area contributed by atoms with Crippen LogP contribution in [0.3, 0.4) is 0 Å². The van der Waals surface area contributed by atoms with Crippen LogP contribution in [0.5, 0.6) is 5.75 Å². The molecule has 144 valence electrons. The fraction of sp³-hybridized carbons (Fsp3) is 0.0909. The number of nitriles is 1. The first-order valence-electron chi connectivity index (χ1n) is 8.66. The summed E-state index contributed by atoms with van der Waals surface area (Å²) in [5.41, 5.74) is 3.46. The van der Waals surface area contributed by atoms with Gasteiger partial charge in [-0.3, -0.25) is 4.79 Å². The molecule has 4 nitrogen and oxygen atoms in total. The third kappa shape index (κ3) is 3.52. The van der Waals surface area contributed by atoms with Gasteiger partial charge >= 0.3 is 6.61 Å². The molecular weight excluding hydrogens is 381 g/mol. The van der Waals surface area contributed by atoms with Gasteiger partial charge in [0.05, 0.1) is 11.6 Å². The Balaban J connectivity index is 1.91. The molecule has 0 fully saturated rings. The first-order chi connectivity index (χ1) is 14.0. The second-order valence-corrected chi connectivity index (χ2v) is 6.45. The second kappa shape index (κ2) is 7.32. The average Bonchev–Trinajstić information content (AvgIpc) is 3.07. The van der Waals surface area contributed by atoms with Crippen LogP contribution in [0.25, 0.3) is 22.3 Å². The van der Waals surface area contributed by atoms with Gasteiger partial charge in [0.25, 0.3) is 5.91 Å². The zero-order valence-corrected chi connectivity index (χ0v) is 14.9. The number of fused-ring (bicyclic) bond motifs is 1. The van der Waals surface area contributed by atoms with Gasteiger partial charge in [-0.05, 0) is 58.7 Å². The van der Waals surface area contributed by atoms with Crippen LogP contribution < -0.4 is 10.1 Å². The summed E-state index contributed by atoms with van der Waals surface area (Å²) in [6.07, 6.45) is 0. The number of amides is 1. The van der Waals surface area contributed by atoms with Gasteiger partial charge in [-0.2, -0.15) is 14.0 Å². The van der Waals surface area contributed by atoms with Gasteiger partial charge < -0.3 is 10.1 Å². The molecule has 1 heterocycles. The minimum Gasteiger partial charge on any atom is -0.435 e. The maximum Gasteiger partial charge on any atom is 0.387 e. The molecule has 0 saturated carbocycles. The predicted octanol–water partition coefficient (Wildman–Crippen LogP) is 4.88. The number of carbonyl (C=O) groups excluding carboxylic acids is 1. The number of hydrogen-bond donors (Lipinski definition) is 1. The zero-order chi connectivity index (χ0) is 20.5. The summed E-state index contributed by atoms with van der Waals surface area (Å²) in [5, 5.41) is 11.9. The van der Waals surface area contributed by atoms with Crippen molar-refractivity contribution >= 4 is 5.91 Å². The van der Waals surface area contributed by atoms with Gasteiger partial charge in [0.15, 0.2) is 0 Å². The molecule has 0 spiro atoms. The first-order valence-corrected chi connectivity index (χ1v) is 8.66. The van der Waals surface area contributed by atoms with E-state index in [0.717, 1.165) is 11.6 Å². The summed E-state index contributed by atoms with van der Waals surface area (Å²) >= 11 is 0. The highest BCUT2D eigenvalue weighted by atomic mass is 19.3. The number of hydrogen-bond acceptors (Lipinski definition) is 3. The van der Waals surface area contributed by atoms with Crippen molar-refractivity contribution in [3.8, 4) is 34.1 Å². The Bertz CT molecular complexity index is 1170. The highest BCUT2D eigenvalue weighted by Gasteiger charge is 2.23. The van der Waals surface area contributed by atoms with Crippen LogP contribution in [0.2, 0.25) is 0 Å². The van der Waals surface area contributed by atoms with Crippen molar-refractivity contribution < 1.29 is 22.7 Å². The first kappa shape index (κ1) is 18.6. The fourth-order valence-corrected chi connectivity index (χ4v) is 3.38. The summed E-state index contributed by atoms with van der Waals surface area (Å²) in [6, 6.07) is 15.7. The predicted molar refractivity (Wildman–Crippen MR) is 99.8 cm³/mol. The maximum atomic E-state index is 14.8. The third-order valence-corrected chi connectivity index (χ3v) is 4.69. The van der Waals surface area contributed by atoms with E-state index in [4.69, 9.17) is 0 Å². The molecule has 0 radical (unpaired) electrons. The highest BCUT2D eigenvalue weighted by Crippen LogP contribution is 2.38. The lowest BCUT2D eigenvalue weighted by Gasteiger charge is -2.14. The molecule has 7 heteroatoms. The minimum atomic E-state index is -3.06. The van der Waals surface area contributed by atoms with Crippen molar-refractivity contribution in [2.45, 2.75) is 13.2 Å². The molecule has 0 aromatic heterocycles. The molecule has 29 heavy (non-hydrogen) atoms. The Morgan fingerprint density at radius 1 is 1.00 bits per heavy atom. The smallest absolute Gasteiger partial charge is 0.387 e. The van der Waals surface area contributed by atoms with Crippen LogP contribution in [0.1, 0.15) is 21.5 Å². The van der Waals surface area contributed by atoms with Crippen LogP contribution in [-0.2, 0) is 6.54 Å². The van der Waals surface area contributed by atoms with E-state index in [0.29, 0.717) is 34.4 Å². The molecule has 0 atom stereocenters. The van der Waals surface area contributed by atoms with E-state index in [-0.39, 0.29) is 17.2 Å². The maximum absolute atomic E-state index is 14.8. The van der Waals surface area contributed by atoms with Crippen molar-refractivity contribution in [2.75, 3.05) is 0 Å². The normalized spacial score (nSPS) is 12.4. The SMILES string of the molecule is N#Cc1cccc(-c2cc3c(cc2-c2ccc(OC(F)F)cc2F)C(=O)NC3)c1. The molecule has 0 unspecified atom stereocenters. The third-order valence-electron chi connectivity index (χ3n) is 4.69. The molecule has 1 amide bonds. The van der Waals surface area contributed by atoms with Crippen molar-refractivity contribution in [1.29, 1.82) is 5.26 Å². The molecule has 0 saturated heterocycles. The van der Waals surface area contributed by atoms with E-state index in [1.807, 2.05) is 0 Å². The Morgan fingerprint density at radius 2 is 1.83 bits per heavy atom. The van der Waals surface area contributed by atoms with E-state index in [9.17, 15) is 23.2 Å². The lowest BCUT2D eigenvalue weighted by Crippen LogP contribution is -2.12. The standard InChI is InChI=1S/C22H13F3N2O2/c23-20-8-15(29-22(24)25)4-5-16(20)19-9-18-14(11-27-21(18)28)7-17(19)13-3-1-2-12(6-13)10-26/h1-9,22H,11H2,(H,27,28). The Morgan fingerprint density at radius 3 is 2.55 bits per heavy atom. The molecule has 3 aromatic carbocycles. The Labute approximate surface area is 164 Å². The van der Waals surface area contributed by atoms with Crippen molar-refractivity contribution in [2.24, 2.45) is 0 Å². The van der Waals surface area contributed by atoms with Crippen molar-refractivity contribution in [3.63, 3.8) is 0 Å². The Hall–Kier alpha value is -3.79. The van der Waals surface area contributed by atoms with Gasteiger partial charge in [0.2, 0.25) is 0 Å². The van der Waals surface area contributed by atoms with E-state index >= 15 is 0 Å². The zero-order valence-electron chi connectivity index (χ0n) is 14.9. The minimum absolute atomic E-state index is 0.131. The van der Waals surface area contributed by atoms with Gasteiger partial charge in [-0.1, -0.05) is 12.1 Å². The highest BCUT2D eigenvalue weighted by molar-refractivity contribution is 6.01. The van der Waals surface area contributed by atoms with Gasteiger partial charge in [-0.25, -0.2) is 4.39 Å². The molecule has 4 rings (SSSR count). The molecule has 1 aliphatic rings. The van der Waals surface area contributed by atoms with Gasteiger partial charge in [0, 0.05) is 23.7 Å². The lowest BCUT2D eigenvalue weighted by molar-refractivity contribution is -0.0499. The molecular formula is C22H13F3N2O2. The number of benzene rings is 3. The summed E-state index contributed by atoms with van der Waals surface area (Å²) in [6.45, 7) is -2.71. The number of carbonyl (C=O) groups is 1. The van der Waals surface area contributed by atoms with Crippen LogP contribution in [0.15, 0.2) is 54.6 Å². The molecule has 1 N–H and O–H groups in total. The number of rotatable bonds is 4. The van der Waals surface area contributed by atoms with Crippen LogP contribution in [0, 0.1) is 17.1 Å². The molecule has 3 aromatic rings. The number of nitrogens with zero attached hydrogens (tertiary/aromatic N) is 1. The summed E-state index contributed by atoms with van der Waals surface area (Å²) in [4.78, 5) is 12.1. The number of alkyl halides is 2. The molecule has 0 aliphatic carbocycles. The molecule has 1 aliphatic heterocycles. The quantitative estimate of drug-likeness (QED) is 0.686. The van der Waals surface area contributed by atoms with Crippen molar-refractivity contribution in [3.05, 3.63) is 77.1 Å². The Kier molecular flexibility index (Phi) is 4.69. The van der Waals surface area contributed by atoms with E-state index in [2.05, 4.69) is 16.1 Å². The van der Waals surface area contributed by atoms with E-state index < -0.39 is 12.4 Å². The lowest BCUT2D eigenvalue weighted by atomic mass is 9.90. The monoisotopic (exact) mass is 394 g/mol. The van der Waals surface area contributed by atoms with E-state index in [1.54, 1.807) is 36.4 Å². The van der Waals surface area contributed by atoms with E-state index in [1.165, 1.54) is 12.1 Å². The topological polar surface area (TPSA) is 62.1 Å². The average molecular weight is 394 g/mol. The van der Waals surface area contributed by atoms with Crippen LogP contribution in [-0.4, -0.2) is 12.5 Å². The molecule has 0 bridgehead atoms. The summed E-state index contributed by atoms with van der Waals surface area (Å²) < 4.78 is 43.9. The van der Waals surface area contributed by atoms with Crippen LogP contribution in [0.4, 0.5) is 13.2 Å².